The Morgan fingerprint density at radius 3 is 1.08 bits per heavy atom. The van der Waals surface area contributed by atoms with Crippen LogP contribution in [0.2, 0.25) is 0 Å². The highest BCUT2D eigenvalue weighted by Crippen LogP contribution is 2.14. The molecule has 0 radical (unpaired) electrons. The Bertz CT molecular complexity index is 911. The van der Waals surface area contributed by atoms with E-state index in [2.05, 4.69) is 16.0 Å². The SMILES string of the molecule is COCNC(=O)N(CCOC(=O)CC(CC(=O)OCCN(COC)C(=O)NCOC)C(=O)OCCN(COC)C(=O)NCOC)COC. The van der Waals surface area contributed by atoms with Crippen molar-refractivity contribution in [1.29, 1.82) is 0 Å². The number of hydrogen-bond donors (Lipinski definition) is 3. The van der Waals surface area contributed by atoms with Crippen molar-refractivity contribution in [1.82, 2.24) is 30.7 Å². The van der Waals surface area contributed by atoms with Crippen LogP contribution in [0.3, 0.4) is 0 Å². The van der Waals surface area contributed by atoms with Crippen LogP contribution < -0.4 is 16.0 Å². The molecule has 0 heterocycles. The van der Waals surface area contributed by atoms with Gasteiger partial charge in [-0.15, -0.1) is 0 Å². The molecule has 0 aliphatic rings. The van der Waals surface area contributed by atoms with Gasteiger partial charge >= 0.3 is 36.0 Å². The van der Waals surface area contributed by atoms with Gasteiger partial charge in [0.1, 0.15) is 60.2 Å². The first-order valence-electron chi connectivity index (χ1n) is 14.6. The van der Waals surface area contributed by atoms with Gasteiger partial charge in [0.05, 0.1) is 38.4 Å². The van der Waals surface area contributed by atoms with Gasteiger partial charge in [0.2, 0.25) is 0 Å². The van der Waals surface area contributed by atoms with Crippen LogP contribution in [0.1, 0.15) is 12.8 Å². The van der Waals surface area contributed by atoms with Gasteiger partial charge in [0.25, 0.3) is 0 Å². The number of rotatable bonds is 26. The summed E-state index contributed by atoms with van der Waals surface area (Å²) in [5, 5.41) is 7.42. The Balaban J connectivity index is 5.40. The summed E-state index contributed by atoms with van der Waals surface area (Å²) >= 11 is 0. The minimum absolute atomic E-state index is 0.0504. The summed E-state index contributed by atoms with van der Waals surface area (Å²) in [6, 6.07) is -1.61. The van der Waals surface area contributed by atoms with E-state index in [9.17, 15) is 28.8 Å². The number of urea groups is 3. The fourth-order valence-corrected chi connectivity index (χ4v) is 3.55. The molecule has 278 valence electrons. The third-order valence-electron chi connectivity index (χ3n) is 5.83. The molecule has 21 heteroatoms. The zero-order valence-electron chi connectivity index (χ0n) is 28.4. The predicted octanol–water partition coefficient (Wildman–Crippen LogP) is -1.33. The summed E-state index contributed by atoms with van der Waals surface area (Å²) in [7, 11) is 8.32. The number of methoxy groups -OCH3 is 6. The lowest BCUT2D eigenvalue weighted by Crippen LogP contribution is -2.44. The van der Waals surface area contributed by atoms with Crippen molar-refractivity contribution in [2.45, 2.75) is 12.8 Å². The standard InChI is InChI=1S/C27H50N6O15/c1-40-15-28-25(37)31(18-43-4)7-10-46-22(34)13-21(24(36)48-12-9-33(20-45-6)27(39)30-17-42-3)14-23(35)47-11-8-32(19-44-5)26(38)29-16-41-2/h21H,7-20H2,1-6H3,(H,28,37)(H,29,38)(H,30,39). The molecule has 0 aliphatic carbocycles. The van der Waals surface area contributed by atoms with Gasteiger partial charge in [-0.1, -0.05) is 0 Å². The molecule has 0 saturated heterocycles. The summed E-state index contributed by atoms with van der Waals surface area (Å²) in [5.74, 6) is -3.98. The smallest absolute Gasteiger partial charge is 0.321 e. The maximum Gasteiger partial charge on any atom is 0.321 e. The first-order chi connectivity index (χ1) is 23.1. The average molecular weight is 699 g/mol. The minimum Gasteiger partial charge on any atom is -0.464 e. The van der Waals surface area contributed by atoms with E-state index >= 15 is 0 Å². The summed E-state index contributed by atoms with van der Waals surface area (Å²) in [6.45, 7) is -1.49. The Labute approximate surface area is 279 Å². The van der Waals surface area contributed by atoms with E-state index in [0.29, 0.717) is 0 Å². The first-order valence-corrected chi connectivity index (χ1v) is 14.6. The number of nitrogens with one attached hydrogen (secondary N) is 3. The summed E-state index contributed by atoms with van der Waals surface area (Å²) in [6.07, 6.45) is -1.14. The normalized spacial score (nSPS) is 10.6. The molecule has 0 fully saturated rings. The number of carbonyl (C=O) groups is 6. The van der Waals surface area contributed by atoms with Crippen molar-refractivity contribution < 1.29 is 71.4 Å². The summed E-state index contributed by atoms with van der Waals surface area (Å²) < 4.78 is 45.1. The average Bonchev–Trinajstić information content (AvgIpc) is 3.06. The van der Waals surface area contributed by atoms with Gasteiger partial charge in [0.15, 0.2) is 0 Å². The second-order valence-corrected chi connectivity index (χ2v) is 9.50. The van der Waals surface area contributed by atoms with Crippen LogP contribution in [0.4, 0.5) is 14.4 Å². The molecule has 48 heavy (non-hydrogen) atoms. The minimum atomic E-state index is -1.33. The van der Waals surface area contributed by atoms with Crippen LogP contribution >= 0.6 is 0 Å². The Hall–Kier alpha value is -4.02. The number of nitrogens with zero attached hydrogens (tertiary/aromatic N) is 3. The van der Waals surface area contributed by atoms with Crippen molar-refractivity contribution in [3.8, 4) is 0 Å². The van der Waals surface area contributed by atoms with E-state index in [4.69, 9.17) is 42.6 Å². The lowest BCUT2D eigenvalue weighted by atomic mass is 10.0. The van der Waals surface area contributed by atoms with Crippen LogP contribution in [0.5, 0.6) is 0 Å². The highest BCUT2D eigenvalue weighted by Gasteiger charge is 2.29. The van der Waals surface area contributed by atoms with Gasteiger partial charge in [0, 0.05) is 42.7 Å². The lowest BCUT2D eigenvalue weighted by molar-refractivity contribution is -0.160. The van der Waals surface area contributed by atoms with Crippen molar-refractivity contribution >= 4 is 36.0 Å². The van der Waals surface area contributed by atoms with Crippen LogP contribution in [-0.4, -0.2) is 173 Å². The fraction of sp³-hybridized carbons (Fsp3) is 0.778. The maximum atomic E-state index is 13.0. The number of ether oxygens (including phenoxy) is 9. The first kappa shape index (κ1) is 44.0. The van der Waals surface area contributed by atoms with Crippen LogP contribution in [0.15, 0.2) is 0 Å². The second kappa shape index (κ2) is 28.0. The fourth-order valence-electron chi connectivity index (χ4n) is 3.55. The monoisotopic (exact) mass is 698 g/mol. The van der Waals surface area contributed by atoms with Gasteiger partial charge in [-0.25, -0.2) is 14.4 Å². The van der Waals surface area contributed by atoms with Crippen LogP contribution in [0, 0.1) is 5.92 Å². The topological polar surface area (TPSA) is 231 Å². The Morgan fingerprint density at radius 1 is 0.479 bits per heavy atom. The van der Waals surface area contributed by atoms with E-state index in [1.807, 2.05) is 0 Å². The lowest BCUT2D eigenvalue weighted by Gasteiger charge is -2.23. The molecular weight excluding hydrogens is 648 g/mol. The molecule has 3 N–H and O–H groups in total. The summed E-state index contributed by atoms with van der Waals surface area (Å²) in [4.78, 5) is 78.7. The molecule has 0 aliphatic heterocycles. The van der Waals surface area contributed by atoms with Crippen molar-refractivity contribution in [2.24, 2.45) is 5.92 Å². The molecule has 0 saturated carbocycles. The van der Waals surface area contributed by atoms with E-state index < -0.39 is 54.8 Å². The van der Waals surface area contributed by atoms with Crippen LogP contribution in [0.25, 0.3) is 0 Å². The number of carbonyl (C=O) groups excluding carboxylic acids is 6. The van der Waals surface area contributed by atoms with E-state index in [1.54, 1.807) is 0 Å². The van der Waals surface area contributed by atoms with E-state index in [1.165, 1.54) is 57.4 Å². The molecule has 0 aromatic carbocycles. The van der Waals surface area contributed by atoms with E-state index in [0.717, 1.165) is 0 Å². The summed E-state index contributed by atoms with van der Waals surface area (Å²) in [5.41, 5.74) is 0. The van der Waals surface area contributed by atoms with Gasteiger partial charge in [-0.05, 0) is 0 Å². The Kier molecular flexibility index (Phi) is 25.7. The zero-order valence-corrected chi connectivity index (χ0v) is 28.4. The van der Waals surface area contributed by atoms with Gasteiger partial charge in [-0.3, -0.25) is 29.1 Å². The quantitative estimate of drug-likeness (QED) is 0.0540. The molecule has 0 aromatic rings. The predicted molar refractivity (Wildman–Crippen MR) is 163 cm³/mol. The zero-order chi connectivity index (χ0) is 36.2. The van der Waals surface area contributed by atoms with E-state index in [-0.39, 0.29) is 79.8 Å². The molecule has 0 bridgehead atoms. The van der Waals surface area contributed by atoms with Gasteiger partial charge < -0.3 is 58.6 Å². The molecule has 6 amide bonds. The second-order valence-electron chi connectivity index (χ2n) is 9.50. The molecular formula is C27H50N6O15. The highest BCUT2D eigenvalue weighted by atomic mass is 16.6. The van der Waals surface area contributed by atoms with Crippen LogP contribution in [-0.2, 0) is 57.0 Å². The van der Waals surface area contributed by atoms with Gasteiger partial charge in [-0.2, -0.15) is 0 Å². The molecule has 0 atom stereocenters. The van der Waals surface area contributed by atoms with Crippen molar-refractivity contribution in [3.05, 3.63) is 0 Å². The third-order valence-corrected chi connectivity index (χ3v) is 5.83. The molecule has 0 rings (SSSR count). The number of amides is 6. The molecule has 0 spiro atoms. The number of hydrogen-bond acceptors (Lipinski definition) is 15. The molecule has 0 unspecified atom stereocenters. The van der Waals surface area contributed by atoms with Crippen molar-refractivity contribution in [2.75, 3.05) is 122 Å². The third kappa shape index (κ3) is 20.3. The molecule has 21 nitrogen and oxygen atoms in total. The highest BCUT2D eigenvalue weighted by molar-refractivity contribution is 5.84. The largest absolute Gasteiger partial charge is 0.464 e. The van der Waals surface area contributed by atoms with Crippen molar-refractivity contribution in [3.63, 3.8) is 0 Å². The number of esters is 3. The molecule has 0 aromatic heterocycles. The Morgan fingerprint density at radius 2 is 0.792 bits per heavy atom. The maximum absolute atomic E-state index is 13.0.